The van der Waals surface area contributed by atoms with Crippen molar-refractivity contribution in [3.63, 3.8) is 0 Å². The van der Waals surface area contributed by atoms with E-state index in [0.717, 1.165) is 18.6 Å². The quantitative estimate of drug-likeness (QED) is 0.761. The normalized spacial score (nSPS) is 19.3. The van der Waals surface area contributed by atoms with Crippen LogP contribution in [0, 0.1) is 5.41 Å². The molecule has 7 heteroatoms. The molecule has 1 atom stereocenters. The van der Waals surface area contributed by atoms with E-state index in [1.807, 2.05) is 30.3 Å². The molecule has 1 fully saturated rings. The number of rotatable bonds is 6. The highest BCUT2D eigenvalue weighted by atomic mass is 35.5. The van der Waals surface area contributed by atoms with E-state index in [2.05, 4.69) is 0 Å². The van der Waals surface area contributed by atoms with Gasteiger partial charge in [-0.25, -0.2) is 0 Å². The number of nitrogens with zero attached hydrogens (tertiary/aromatic N) is 1. The number of halogens is 2. The largest absolute Gasteiger partial charge is 0.493 e. The Kier molecular flexibility index (Phi) is 6.47. The number of piperidine rings is 1. The number of carbonyl (C=O) groups is 2. The second-order valence-corrected chi connectivity index (χ2v) is 8.02. The molecule has 1 unspecified atom stereocenters. The van der Waals surface area contributed by atoms with Crippen LogP contribution in [-0.4, -0.2) is 36.4 Å². The lowest BCUT2D eigenvalue weighted by molar-refractivity contribution is -0.122. The van der Waals surface area contributed by atoms with E-state index in [1.165, 1.54) is 0 Å². The van der Waals surface area contributed by atoms with Gasteiger partial charge in [-0.05, 0) is 43.2 Å². The van der Waals surface area contributed by atoms with Crippen LogP contribution in [0.4, 0.5) is 0 Å². The second kappa shape index (κ2) is 8.84. The highest BCUT2D eigenvalue weighted by Crippen LogP contribution is 2.35. The zero-order valence-corrected chi connectivity index (χ0v) is 16.9. The summed E-state index contributed by atoms with van der Waals surface area (Å²) in [5.41, 5.74) is 5.46. The van der Waals surface area contributed by atoms with Gasteiger partial charge >= 0.3 is 0 Å². The molecule has 0 bridgehead atoms. The lowest BCUT2D eigenvalue weighted by atomic mass is 9.77. The zero-order valence-electron chi connectivity index (χ0n) is 15.4. The first-order valence-electron chi connectivity index (χ1n) is 9.09. The Hall–Kier alpha value is -2.24. The van der Waals surface area contributed by atoms with Gasteiger partial charge in [-0.2, -0.15) is 0 Å². The van der Waals surface area contributed by atoms with Crippen LogP contribution < -0.4 is 10.5 Å². The minimum Gasteiger partial charge on any atom is -0.493 e. The van der Waals surface area contributed by atoms with Crippen LogP contribution in [0.25, 0.3) is 0 Å². The summed E-state index contributed by atoms with van der Waals surface area (Å²) in [5.74, 6) is 0.173. The summed E-state index contributed by atoms with van der Waals surface area (Å²) in [4.78, 5) is 26.5. The highest BCUT2D eigenvalue weighted by molar-refractivity contribution is 6.42. The first-order valence-corrected chi connectivity index (χ1v) is 9.85. The summed E-state index contributed by atoms with van der Waals surface area (Å²) >= 11 is 12.0. The molecule has 28 heavy (non-hydrogen) atoms. The van der Waals surface area contributed by atoms with Crippen molar-refractivity contribution in [1.82, 2.24) is 4.90 Å². The Morgan fingerprint density at radius 3 is 2.54 bits per heavy atom. The molecule has 1 aliphatic rings. The summed E-state index contributed by atoms with van der Waals surface area (Å²) in [6.07, 6.45) is 1.68. The van der Waals surface area contributed by atoms with Crippen molar-refractivity contribution in [2.45, 2.75) is 19.3 Å². The Morgan fingerprint density at radius 1 is 1.11 bits per heavy atom. The van der Waals surface area contributed by atoms with Gasteiger partial charge in [0.1, 0.15) is 5.75 Å². The number of ether oxygens (including phenoxy) is 1. The van der Waals surface area contributed by atoms with E-state index in [-0.39, 0.29) is 12.3 Å². The maximum absolute atomic E-state index is 13.0. The molecule has 1 aliphatic heterocycles. The summed E-state index contributed by atoms with van der Waals surface area (Å²) in [6.45, 7) is 1.30. The molecular formula is C21H22Cl2N2O3. The number of carbonyl (C=O) groups excluding carboxylic acids is 2. The fraction of sp³-hybridized carbons (Fsp3) is 0.333. The molecule has 0 saturated carbocycles. The number of likely N-dealkylation sites (tertiary alicyclic amines) is 1. The number of hydrogen-bond donors (Lipinski definition) is 1. The molecule has 5 nitrogen and oxygen atoms in total. The predicted octanol–water partition coefficient (Wildman–Crippen LogP) is 4.17. The van der Waals surface area contributed by atoms with Crippen LogP contribution in [0.15, 0.2) is 48.5 Å². The van der Waals surface area contributed by atoms with Gasteiger partial charge in [0.15, 0.2) is 0 Å². The van der Waals surface area contributed by atoms with Gasteiger partial charge in [-0.3, -0.25) is 9.59 Å². The standard InChI is InChI=1S/C21H22Cl2N2O3/c22-17-8-7-15(11-18(17)23)20(27)25-10-4-9-21(13-25,12-19(24)26)14-28-16-5-2-1-3-6-16/h1-3,5-8,11H,4,9-10,12-14H2,(H2,24,26). The van der Waals surface area contributed by atoms with Crippen molar-refractivity contribution < 1.29 is 14.3 Å². The van der Waals surface area contributed by atoms with E-state index < -0.39 is 11.3 Å². The Labute approximate surface area is 174 Å². The molecule has 1 heterocycles. The highest BCUT2D eigenvalue weighted by Gasteiger charge is 2.39. The van der Waals surface area contributed by atoms with E-state index >= 15 is 0 Å². The third-order valence-electron chi connectivity index (χ3n) is 4.95. The van der Waals surface area contributed by atoms with Gasteiger partial charge in [-0.15, -0.1) is 0 Å². The molecule has 2 amide bonds. The number of para-hydroxylation sites is 1. The van der Waals surface area contributed by atoms with Gasteiger partial charge in [0.05, 0.1) is 16.7 Å². The Bertz CT molecular complexity index is 860. The van der Waals surface area contributed by atoms with Crippen molar-refractivity contribution in [3.8, 4) is 5.75 Å². The smallest absolute Gasteiger partial charge is 0.253 e. The average molecular weight is 421 g/mol. The maximum Gasteiger partial charge on any atom is 0.253 e. The van der Waals surface area contributed by atoms with Crippen molar-refractivity contribution >= 4 is 35.0 Å². The number of benzene rings is 2. The van der Waals surface area contributed by atoms with Gasteiger partial charge in [-0.1, -0.05) is 41.4 Å². The molecule has 1 saturated heterocycles. The predicted molar refractivity (Wildman–Crippen MR) is 110 cm³/mol. The summed E-state index contributed by atoms with van der Waals surface area (Å²) in [5, 5.41) is 0.733. The minimum absolute atomic E-state index is 0.146. The summed E-state index contributed by atoms with van der Waals surface area (Å²) < 4.78 is 5.93. The number of hydrogen-bond acceptors (Lipinski definition) is 3. The van der Waals surface area contributed by atoms with Gasteiger partial charge in [0, 0.05) is 30.5 Å². The Morgan fingerprint density at radius 2 is 1.86 bits per heavy atom. The van der Waals surface area contributed by atoms with E-state index in [4.69, 9.17) is 33.7 Å². The van der Waals surface area contributed by atoms with Crippen LogP contribution >= 0.6 is 23.2 Å². The topological polar surface area (TPSA) is 72.6 Å². The van der Waals surface area contributed by atoms with Crippen molar-refractivity contribution in [3.05, 3.63) is 64.1 Å². The molecule has 0 aliphatic carbocycles. The van der Waals surface area contributed by atoms with Gasteiger partial charge in [0.2, 0.25) is 5.91 Å². The fourth-order valence-electron chi connectivity index (χ4n) is 3.63. The van der Waals surface area contributed by atoms with Gasteiger partial charge in [0.25, 0.3) is 5.91 Å². The third-order valence-corrected chi connectivity index (χ3v) is 5.69. The van der Waals surface area contributed by atoms with E-state index in [0.29, 0.717) is 35.3 Å². The lowest BCUT2D eigenvalue weighted by Crippen LogP contribution is -2.50. The zero-order chi connectivity index (χ0) is 20.1. The first kappa shape index (κ1) is 20.5. The summed E-state index contributed by atoms with van der Waals surface area (Å²) in [7, 11) is 0. The molecular weight excluding hydrogens is 399 g/mol. The fourth-order valence-corrected chi connectivity index (χ4v) is 3.93. The average Bonchev–Trinajstić information content (AvgIpc) is 2.68. The third kappa shape index (κ3) is 4.97. The van der Waals surface area contributed by atoms with Crippen molar-refractivity contribution in [1.29, 1.82) is 0 Å². The molecule has 148 valence electrons. The van der Waals surface area contributed by atoms with E-state index in [9.17, 15) is 9.59 Å². The first-order chi connectivity index (χ1) is 13.4. The van der Waals surface area contributed by atoms with Crippen LogP contribution in [0.3, 0.4) is 0 Å². The van der Waals surface area contributed by atoms with Crippen LogP contribution in [0.2, 0.25) is 10.0 Å². The van der Waals surface area contributed by atoms with Crippen molar-refractivity contribution in [2.24, 2.45) is 11.1 Å². The molecule has 2 N–H and O–H groups in total. The molecule has 3 rings (SSSR count). The number of primary amides is 1. The molecule has 2 aromatic carbocycles. The van der Waals surface area contributed by atoms with Gasteiger partial charge < -0.3 is 15.4 Å². The molecule has 2 aromatic rings. The maximum atomic E-state index is 13.0. The second-order valence-electron chi connectivity index (χ2n) is 7.20. The van der Waals surface area contributed by atoms with Crippen LogP contribution in [-0.2, 0) is 4.79 Å². The molecule has 0 radical (unpaired) electrons. The minimum atomic E-state index is -0.522. The summed E-state index contributed by atoms with van der Waals surface area (Å²) in [6, 6.07) is 14.2. The van der Waals surface area contributed by atoms with Crippen LogP contribution in [0.1, 0.15) is 29.6 Å². The number of nitrogens with two attached hydrogens (primary N) is 1. The van der Waals surface area contributed by atoms with E-state index in [1.54, 1.807) is 23.1 Å². The van der Waals surface area contributed by atoms with Crippen molar-refractivity contribution in [2.75, 3.05) is 19.7 Å². The number of amides is 2. The van der Waals surface area contributed by atoms with Crippen LogP contribution in [0.5, 0.6) is 5.75 Å². The molecule has 0 spiro atoms. The molecule has 0 aromatic heterocycles. The lowest BCUT2D eigenvalue weighted by Gasteiger charge is -2.42. The monoisotopic (exact) mass is 420 g/mol. The SMILES string of the molecule is NC(=O)CC1(COc2ccccc2)CCCN(C(=O)c2ccc(Cl)c(Cl)c2)C1. The Balaban J connectivity index is 1.77.